The standard InChI is InChI=1S/C24H31N3O4S/c1-19-8-10-22(11-9-19)32(29,30)27-12-4-7-23(27)24(28)25-17-20-5-2-3-6-21(20)18-26-13-15-31-16-14-26/h2-3,5-6,8-11,23H,4,7,12-18H2,1H3,(H,25,28)/t23-/m1/s1. The lowest BCUT2D eigenvalue weighted by Gasteiger charge is -2.27. The maximum atomic E-state index is 13.1. The van der Waals surface area contributed by atoms with E-state index >= 15 is 0 Å². The number of hydrogen-bond acceptors (Lipinski definition) is 5. The minimum atomic E-state index is -3.71. The van der Waals surface area contributed by atoms with Crippen LogP contribution in [-0.2, 0) is 32.6 Å². The van der Waals surface area contributed by atoms with Gasteiger partial charge in [0.15, 0.2) is 0 Å². The van der Waals surface area contributed by atoms with Crippen LogP contribution in [0.15, 0.2) is 53.4 Å². The number of rotatable bonds is 7. The predicted octanol–water partition coefficient (Wildman–Crippen LogP) is 2.30. The van der Waals surface area contributed by atoms with Crippen molar-refractivity contribution in [3.05, 3.63) is 65.2 Å². The second-order valence-electron chi connectivity index (χ2n) is 8.46. The average Bonchev–Trinajstić information content (AvgIpc) is 3.30. The molecule has 0 aliphatic carbocycles. The maximum absolute atomic E-state index is 13.1. The van der Waals surface area contributed by atoms with E-state index in [0.717, 1.165) is 44.0 Å². The molecule has 32 heavy (non-hydrogen) atoms. The van der Waals surface area contributed by atoms with Gasteiger partial charge in [0, 0.05) is 32.7 Å². The molecule has 0 saturated carbocycles. The summed E-state index contributed by atoms with van der Waals surface area (Å²) in [5, 5.41) is 2.99. The predicted molar refractivity (Wildman–Crippen MR) is 122 cm³/mol. The monoisotopic (exact) mass is 457 g/mol. The van der Waals surface area contributed by atoms with Crippen LogP contribution in [0.4, 0.5) is 0 Å². The first kappa shape index (κ1) is 22.9. The van der Waals surface area contributed by atoms with Crippen molar-refractivity contribution in [2.75, 3.05) is 32.8 Å². The van der Waals surface area contributed by atoms with Crippen molar-refractivity contribution in [2.45, 2.75) is 43.8 Å². The van der Waals surface area contributed by atoms with Gasteiger partial charge in [-0.2, -0.15) is 4.31 Å². The number of amides is 1. The SMILES string of the molecule is Cc1ccc(S(=O)(=O)N2CCC[C@@H]2C(=O)NCc2ccccc2CN2CCOCC2)cc1. The van der Waals surface area contributed by atoms with E-state index in [1.54, 1.807) is 24.3 Å². The number of morpholine rings is 1. The Balaban J connectivity index is 1.42. The van der Waals surface area contributed by atoms with Gasteiger partial charge < -0.3 is 10.1 Å². The van der Waals surface area contributed by atoms with E-state index in [-0.39, 0.29) is 10.8 Å². The molecule has 2 heterocycles. The first-order valence-corrected chi connectivity index (χ1v) is 12.6. The van der Waals surface area contributed by atoms with Gasteiger partial charge in [-0.1, -0.05) is 42.0 Å². The number of carbonyl (C=O) groups excluding carboxylic acids is 1. The summed E-state index contributed by atoms with van der Waals surface area (Å²) < 4.78 is 33.1. The fraction of sp³-hybridized carbons (Fsp3) is 0.458. The highest BCUT2D eigenvalue weighted by atomic mass is 32.2. The highest BCUT2D eigenvalue weighted by Crippen LogP contribution is 2.26. The molecule has 1 amide bonds. The van der Waals surface area contributed by atoms with Crippen LogP contribution >= 0.6 is 0 Å². The fourth-order valence-corrected chi connectivity index (χ4v) is 5.98. The van der Waals surface area contributed by atoms with Gasteiger partial charge in [-0.15, -0.1) is 0 Å². The topological polar surface area (TPSA) is 79.0 Å². The van der Waals surface area contributed by atoms with Crippen molar-refractivity contribution in [1.82, 2.24) is 14.5 Å². The summed E-state index contributed by atoms with van der Waals surface area (Å²) in [6, 6.07) is 14.2. The summed E-state index contributed by atoms with van der Waals surface area (Å²) in [6.45, 7) is 6.75. The number of aryl methyl sites for hydroxylation is 1. The lowest BCUT2D eigenvalue weighted by atomic mass is 10.1. The lowest BCUT2D eigenvalue weighted by Crippen LogP contribution is -2.45. The van der Waals surface area contributed by atoms with Crippen LogP contribution in [0.2, 0.25) is 0 Å². The highest BCUT2D eigenvalue weighted by molar-refractivity contribution is 7.89. The van der Waals surface area contributed by atoms with Gasteiger partial charge in [0.25, 0.3) is 0 Å². The Morgan fingerprint density at radius 3 is 2.44 bits per heavy atom. The molecule has 172 valence electrons. The van der Waals surface area contributed by atoms with Crippen LogP contribution in [0.5, 0.6) is 0 Å². The second-order valence-corrected chi connectivity index (χ2v) is 10.4. The number of hydrogen-bond donors (Lipinski definition) is 1. The molecule has 2 fully saturated rings. The van der Waals surface area contributed by atoms with Gasteiger partial charge in [-0.05, 0) is 43.0 Å². The maximum Gasteiger partial charge on any atom is 0.243 e. The zero-order chi connectivity index (χ0) is 22.6. The third kappa shape index (κ3) is 5.20. The summed E-state index contributed by atoms with van der Waals surface area (Å²) in [6.07, 6.45) is 1.21. The van der Waals surface area contributed by atoms with Gasteiger partial charge >= 0.3 is 0 Å². The summed E-state index contributed by atoms with van der Waals surface area (Å²) in [7, 11) is -3.71. The number of nitrogens with one attached hydrogen (secondary N) is 1. The molecule has 2 aromatic carbocycles. The number of benzene rings is 2. The lowest BCUT2D eigenvalue weighted by molar-refractivity contribution is -0.124. The molecule has 2 aliphatic rings. The third-order valence-electron chi connectivity index (χ3n) is 6.20. The van der Waals surface area contributed by atoms with Gasteiger partial charge in [-0.3, -0.25) is 9.69 Å². The normalized spacial score (nSPS) is 20.3. The molecule has 0 spiro atoms. The summed E-state index contributed by atoms with van der Waals surface area (Å²) in [5.41, 5.74) is 3.22. The van der Waals surface area contributed by atoms with E-state index < -0.39 is 16.1 Å². The van der Waals surface area contributed by atoms with Crippen molar-refractivity contribution >= 4 is 15.9 Å². The first-order chi connectivity index (χ1) is 15.4. The molecule has 7 nitrogen and oxygen atoms in total. The first-order valence-electron chi connectivity index (χ1n) is 11.2. The number of carbonyl (C=O) groups is 1. The van der Waals surface area contributed by atoms with Crippen molar-refractivity contribution in [3.63, 3.8) is 0 Å². The van der Waals surface area contributed by atoms with Crippen LogP contribution in [0, 0.1) is 6.92 Å². The molecule has 1 N–H and O–H groups in total. The Bertz CT molecular complexity index is 1030. The van der Waals surface area contributed by atoms with E-state index in [0.29, 0.717) is 25.9 Å². The van der Waals surface area contributed by atoms with Crippen molar-refractivity contribution in [3.8, 4) is 0 Å². The van der Waals surface area contributed by atoms with Crippen molar-refractivity contribution in [2.24, 2.45) is 0 Å². The molecule has 2 saturated heterocycles. The van der Waals surface area contributed by atoms with Crippen molar-refractivity contribution in [1.29, 1.82) is 0 Å². The Hall–Kier alpha value is -2.26. The Morgan fingerprint density at radius 2 is 1.72 bits per heavy atom. The van der Waals surface area contributed by atoms with Gasteiger partial charge in [-0.25, -0.2) is 8.42 Å². The minimum absolute atomic E-state index is 0.235. The number of ether oxygens (including phenoxy) is 1. The molecule has 1 atom stereocenters. The quantitative estimate of drug-likeness (QED) is 0.690. The summed E-state index contributed by atoms with van der Waals surface area (Å²) >= 11 is 0. The molecule has 2 aromatic rings. The van der Waals surface area contributed by atoms with E-state index in [9.17, 15) is 13.2 Å². The third-order valence-corrected chi connectivity index (χ3v) is 8.13. The van der Waals surface area contributed by atoms with Crippen LogP contribution in [0.25, 0.3) is 0 Å². The minimum Gasteiger partial charge on any atom is -0.379 e. The molecule has 2 aliphatic heterocycles. The van der Waals surface area contributed by atoms with Crippen molar-refractivity contribution < 1.29 is 17.9 Å². The molecular weight excluding hydrogens is 426 g/mol. The second kappa shape index (κ2) is 10.1. The number of sulfonamides is 1. The number of nitrogens with zero attached hydrogens (tertiary/aromatic N) is 2. The molecule has 0 bridgehead atoms. The van der Waals surface area contributed by atoms with E-state index in [1.807, 2.05) is 25.1 Å². The highest BCUT2D eigenvalue weighted by Gasteiger charge is 2.39. The largest absolute Gasteiger partial charge is 0.379 e. The van der Waals surface area contributed by atoms with Crippen LogP contribution in [0.3, 0.4) is 0 Å². The van der Waals surface area contributed by atoms with E-state index in [4.69, 9.17) is 4.74 Å². The molecule has 8 heteroatoms. The van der Waals surface area contributed by atoms with Crippen LogP contribution < -0.4 is 5.32 Å². The van der Waals surface area contributed by atoms with Gasteiger partial charge in [0.1, 0.15) is 6.04 Å². The molecule has 4 rings (SSSR count). The van der Waals surface area contributed by atoms with Crippen LogP contribution in [-0.4, -0.2) is 62.4 Å². The zero-order valence-electron chi connectivity index (χ0n) is 18.5. The summed E-state index contributed by atoms with van der Waals surface area (Å²) in [4.78, 5) is 15.6. The summed E-state index contributed by atoms with van der Waals surface area (Å²) in [5.74, 6) is -0.237. The zero-order valence-corrected chi connectivity index (χ0v) is 19.3. The Kier molecular flexibility index (Phi) is 7.25. The van der Waals surface area contributed by atoms with Gasteiger partial charge in [0.2, 0.25) is 15.9 Å². The fourth-order valence-electron chi connectivity index (χ4n) is 4.32. The molecular formula is C24H31N3O4S. The molecule has 0 aromatic heterocycles. The van der Waals surface area contributed by atoms with Crippen LogP contribution in [0.1, 0.15) is 29.5 Å². The Labute approximate surface area is 190 Å². The Morgan fingerprint density at radius 1 is 1.03 bits per heavy atom. The van der Waals surface area contributed by atoms with E-state index in [2.05, 4.69) is 16.3 Å². The van der Waals surface area contributed by atoms with E-state index in [1.165, 1.54) is 9.87 Å². The molecule has 0 radical (unpaired) electrons. The average molecular weight is 458 g/mol. The molecule has 0 unspecified atom stereocenters. The smallest absolute Gasteiger partial charge is 0.243 e. The van der Waals surface area contributed by atoms with Gasteiger partial charge in [0.05, 0.1) is 18.1 Å².